The average molecular weight is 393 g/mol. The molecule has 1 aromatic heterocycles. The molecule has 0 fully saturated rings. The van der Waals surface area contributed by atoms with Crippen molar-refractivity contribution in [3.05, 3.63) is 98.0 Å². The first-order chi connectivity index (χ1) is 13.6. The third-order valence-corrected chi connectivity index (χ3v) is 5.35. The van der Waals surface area contributed by atoms with Gasteiger partial charge in [0.2, 0.25) is 0 Å². The minimum atomic E-state index is -0.627. The van der Waals surface area contributed by atoms with Gasteiger partial charge in [-0.3, -0.25) is 14.8 Å². The van der Waals surface area contributed by atoms with Gasteiger partial charge in [0.1, 0.15) is 0 Å². The SMILES string of the molecule is O=C(NO)c1ccc(Cn2c(=O)sn(-c3cccc4ccccc34)c2=O)cc1. The molecule has 4 rings (SSSR count). The van der Waals surface area contributed by atoms with Gasteiger partial charge in [0.25, 0.3) is 5.91 Å². The van der Waals surface area contributed by atoms with Crippen molar-refractivity contribution in [3.63, 3.8) is 0 Å². The topological polar surface area (TPSA) is 93.3 Å². The van der Waals surface area contributed by atoms with Crippen LogP contribution in [0.5, 0.6) is 0 Å². The predicted octanol–water partition coefficient (Wildman–Crippen LogP) is 2.38. The zero-order chi connectivity index (χ0) is 19.7. The summed E-state index contributed by atoms with van der Waals surface area (Å²) in [4.78, 5) is 36.4. The maximum Gasteiger partial charge on any atom is 0.346 e. The molecular formula is C20H15N3O4S. The summed E-state index contributed by atoms with van der Waals surface area (Å²) in [6, 6.07) is 19.6. The van der Waals surface area contributed by atoms with Crippen molar-refractivity contribution in [1.29, 1.82) is 0 Å². The smallest absolute Gasteiger partial charge is 0.288 e. The van der Waals surface area contributed by atoms with Crippen LogP contribution in [0, 0.1) is 0 Å². The number of rotatable bonds is 4. The van der Waals surface area contributed by atoms with E-state index in [1.165, 1.54) is 16.1 Å². The third kappa shape index (κ3) is 3.15. The molecule has 8 heteroatoms. The molecule has 0 saturated carbocycles. The Hall–Kier alpha value is -3.49. The van der Waals surface area contributed by atoms with Crippen LogP contribution in [0.15, 0.2) is 76.3 Å². The van der Waals surface area contributed by atoms with Gasteiger partial charge in [-0.1, -0.05) is 48.5 Å². The monoisotopic (exact) mass is 393 g/mol. The molecule has 3 aromatic carbocycles. The summed E-state index contributed by atoms with van der Waals surface area (Å²) in [5.74, 6) is -0.627. The Morgan fingerprint density at radius 3 is 2.43 bits per heavy atom. The maximum atomic E-state index is 12.9. The maximum absolute atomic E-state index is 12.9. The lowest BCUT2D eigenvalue weighted by atomic mass is 10.1. The highest BCUT2D eigenvalue weighted by molar-refractivity contribution is 7.04. The molecule has 0 spiro atoms. The summed E-state index contributed by atoms with van der Waals surface area (Å²) < 4.78 is 2.56. The van der Waals surface area contributed by atoms with Crippen LogP contribution in [0.3, 0.4) is 0 Å². The lowest BCUT2D eigenvalue weighted by molar-refractivity contribution is 0.0706. The van der Waals surface area contributed by atoms with Gasteiger partial charge in [-0.2, -0.15) is 0 Å². The van der Waals surface area contributed by atoms with Gasteiger partial charge in [-0.25, -0.2) is 18.8 Å². The fourth-order valence-electron chi connectivity index (χ4n) is 3.03. The Bertz CT molecular complexity index is 1280. The molecular weight excluding hydrogens is 378 g/mol. The van der Waals surface area contributed by atoms with Crippen molar-refractivity contribution in [2.45, 2.75) is 6.54 Å². The number of hydrogen-bond acceptors (Lipinski definition) is 5. The molecule has 0 aliphatic carbocycles. The highest BCUT2D eigenvalue weighted by atomic mass is 32.1. The van der Waals surface area contributed by atoms with E-state index in [2.05, 4.69) is 0 Å². The summed E-state index contributed by atoms with van der Waals surface area (Å²) in [7, 11) is 0. The van der Waals surface area contributed by atoms with Gasteiger partial charge in [0.15, 0.2) is 0 Å². The molecule has 2 N–H and O–H groups in total. The average Bonchev–Trinajstić information content (AvgIpc) is 3.01. The highest BCUT2D eigenvalue weighted by Gasteiger charge is 2.14. The molecule has 0 bridgehead atoms. The molecule has 7 nitrogen and oxygen atoms in total. The molecule has 1 heterocycles. The van der Waals surface area contributed by atoms with E-state index in [9.17, 15) is 14.4 Å². The molecule has 0 aliphatic heterocycles. The summed E-state index contributed by atoms with van der Waals surface area (Å²) in [5.41, 5.74) is 2.78. The number of hydroxylamine groups is 1. The highest BCUT2D eigenvalue weighted by Crippen LogP contribution is 2.21. The summed E-state index contributed by atoms with van der Waals surface area (Å²) >= 11 is 0.854. The Kier molecular flexibility index (Phi) is 4.64. The zero-order valence-electron chi connectivity index (χ0n) is 14.5. The first-order valence-corrected chi connectivity index (χ1v) is 9.20. The van der Waals surface area contributed by atoms with Crippen LogP contribution in [-0.4, -0.2) is 19.6 Å². The number of amides is 1. The molecule has 28 heavy (non-hydrogen) atoms. The van der Waals surface area contributed by atoms with Crippen molar-refractivity contribution >= 4 is 28.2 Å². The summed E-state index contributed by atoms with van der Waals surface area (Å²) in [5, 5.41) is 10.5. The molecule has 0 unspecified atom stereocenters. The Balaban J connectivity index is 1.73. The van der Waals surface area contributed by atoms with Crippen LogP contribution < -0.4 is 16.0 Å². The van der Waals surface area contributed by atoms with E-state index >= 15 is 0 Å². The van der Waals surface area contributed by atoms with E-state index in [4.69, 9.17) is 5.21 Å². The number of aromatic nitrogens is 2. The first-order valence-electron chi connectivity index (χ1n) is 8.43. The molecule has 0 aliphatic rings. The molecule has 0 atom stereocenters. The van der Waals surface area contributed by atoms with E-state index in [0.29, 0.717) is 11.3 Å². The Morgan fingerprint density at radius 1 is 0.964 bits per heavy atom. The number of fused-ring (bicyclic) bond motifs is 1. The fraction of sp³-hybridized carbons (Fsp3) is 0.0500. The second-order valence-electron chi connectivity index (χ2n) is 6.16. The van der Waals surface area contributed by atoms with Gasteiger partial charge in [-0.15, -0.1) is 0 Å². The van der Waals surface area contributed by atoms with Crippen molar-refractivity contribution in [2.75, 3.05) is 0 Å². The van der Waals surface area contributed by atoms with Crippen molar-refractivity contribution in [2.24, 2.45) is 0 Å². The van der Waals surface area contributed by atoms with Crippen LogP contribution >= 0.6 is 11.5 Å². The molecule has 140 valence electrons. The van der Waals surface area contributed by atoms with Gasteiger partial charge >= 0.3 is 10.6 Å². The van der Waals surface area contributed by atoms with Crippen molar-refractivity contribution in [1.82, 2.24) is 14.0 Å². The van der Waals surface area contributed by atoms with E-state index in [-0.39, 0.29) is 17.0 Å². The molecule has 1 amide bonds. The van der Waals surface area contributed by atoms with Crippen LogP contribution in [0.2, 0.25) is 0 Å². The normalized spacial score (nSPS) is 10.9. The van der Waals surface area contributed by atoms with Crippen molar-refractivity contribution in [3.8, 4) is 5.69 Å². The quantitative estimate of drug-likeness (QED) is 0.411. The van der Waals surface area contributed by atoms with Gasteiger partial charge in [0.05, 0.1) is 12.2 Å². The van der Waals surface area contributed by atoms with Gasteiger partial charge in [-0.05, 0) is 29.1 Å². The lowest BCUT2D eigenvalue weighted by Crippen LogP contribution is -2.29. The number of nitrogens with zero attached hydrogens (tertiary/aromatic N) is 2. The Labute approximate surface area is 162 Å². The third-order valence-electron chi connectivity index (χ3n) is 4.44. The molecule has 0 radical (unpaired) electrons. The predicted molar refractivity (Wildman–Crippen MR) is 106 cm³/mol. The number of carbonyl (C=O) groups is 1. The van der Waals surface area contributed by atoms with Gasteiger partial charge < -0.3 is 0 Å². The molecule has 0 saturated heterocycles. The standard InChI is InChI=1S/C20H15N3O4S/c24-18(21-27)15-10-8-13(9-11-15)12-22-19(25)23(28-20(22)26)17-7-3-5-14-4-1-2-6-16(14)17/h1-11,27H,12H2,(H,21,24). The summed E-state index contributed by atoms with van der Waals surface area (Å²) in [6.45, 7) is 0.0902. The first kappa shape index (κ1) is 17.9. The molecule has 4 aromatic rings. The van der Waals surface area contributed by atoms with Gasteiger partial charge in [0, 0.05) is 22.5 Å². The van der Waals surface area contributed by atoms with E-state index in [0.717, 1.165) is 26.9 Å². The van der Waals surface area contributed by atoms with Crippen LogP contribution in [-0.2, 0) is 6.54 Å². The zero-order valence-corrected chi connectivity index (χ0v) is 15.3. The van der Waals surface area contributed by atoms with E-state index in [1.54, 1.807) is 17.6 Å². The minimum Gasteiger partial charge on any atom is -0.288 e. The van der Waals surface area contributed by atoms with Crippen LogP contribution in [0.1, 0.15) is 15.9 Å². The number of carbonyl (C=O) groups excluding carboxylic acids is 1. The van der Waals surface area contributed by atoms with Crippen LogP contribution in [0.4, 0.5) is 0 Å². The second-order valence-corrected chi connectivity index (χ2v) is 7.05. The van der Waals surface area contributed by atoms with E-state index in [1.807, 2.05) is 42.5 Å². The number of hydrogen-bond donors (Lipinski definition) is 2. The van der Waals surface area contributed by atoms with Crippen molar-refractivity contribution < 1.29 is 10.0 Å². The fourth-order valence-corrected chi connectivity index (χ4v) is 3.86. The van der Waals surface area contributed by atoms with E-state index < -0.39 is 11.6 Å². The van der Waals surface area contributed by atoms with Crippen LogP contribution in [0.25, 0.3) is 16.5 Å². The second kappa shape index (κ2) is 7.26. The lowest BCUT2D eigenvalue weighted by Gasteiger charge is -2.06. The largest absolute Gasteiger partial charge is 0.346 e. The Morgan fingerprint density at radius 2 is 1.68 bits per heavy atom. The summed E-state index contributed by atoms with van der Waals surface area (Å²) in [6.07, 6.45) is 0. The minimum absolute atomic E-state index is 0.0902. The number of benzene rings is 3. The number of nitrogens with one attached hydrogen (secondary N) is 1.